The summed E-state index contributed by atoms with van der Waals surface area (Å²) in [6.07, 6.45) is 1.48. The van der Waals surface area contributed by atoms with Crippen molar-refractivity contribution >= 4 is 11.6 Å². The van der Waals surface area contributed by atoms with Crippen LogP contribution in [0.4, 0.5) is 5.69 Å². The van der Waals surface area contributed by atoms with Gasteiger partial charge < -0.3 is 10.0 Å². The molecule has 1 N–H and O–H groups in total. The molecule has 0 spiro atoms. The van der Waals surface area contributed by atoms with Crippen molar-refractivity contribution in [3.05, 3.63) is 39.9 Å². The van der Waals surface area contributed by atoms with Crippen LogP contribution in [-0.2, 0) is 0 Å². The number of aliphatic hydroxyl groups excluding tert-OH is 1. The number of amides is 1. The Balaban J connectivity index is 3.15. The fourth-order valence-corrected chi connectivity index (χ4v) is 2.26. The molecule has 0 saturated carbocycles. The maximum atomic E-state index is 12.5. The van der Waals surface area contributed by atoms with E-state index in [1.807, 2.05) is 13.8 Å². The first kappa shape index (κ1) is 16.1. The number of hydrogen-bond acceptors (Lipinski definition) is 4. The fraction of sp³-hybridized carbons (Fsp3) is 0.500. The molecule has 1 aromatic rings. The Morgan fingerprint density at radius 2 is 1.95 bits per heavy atom. The summed E-state index contributed by atoms with van der Waals surface area (Å²) in [6, 6.07) is 5.87. The molecule has 1 aromatic carbocycles. The smallest absolute Gasteiger partial charge is 0.282 e. The minimum Gasteiger partial charge on any atom is -0.395 e. The van der Waals surface area contributed by atoms with Crippen molar-refractivity contribution in [2.75, 3.05) is 13.2 Å². The van der Waals surface area contributed by atoms with E-state index in [1.54, 1.807) is 6.07 Å². The van der Waals surface area contributed by atoms with Crippen LogP contribution < -0.4 is 0 Å². The minimum atomic E-state index is -0.558. The molecule has 0 atom stereocenters. The van der Waals surface area contributed by atoms with E-state index >= 15 is 0 Å². The van der Waals surface area contributed by atoms with Crippen molar-refractivity contribution in [3.63, 3.8) is 0 Å². The van der Waals surface area contributed by atoms with Gasteiger partial charge in [0.1, 0.15) is 5.56 Å². The Morgan fingerprint density at radius 3 is 2.45 bits per heavy atom. The predicted molar refractivity (Wildman–Crippen MR) is 75.6 cm³/mol. The van der Waals surface area contributed by atoms with E-state index in [0.717, 1.165) is 12.8 Å². The number of nitrogens with zero attached hydrogens (tertiary/aromatic N) is 2. The highest BCUT2D eigenvalue weighted by Crippen LogP contribution is 2.21. The molecule has 0 saturated heterocycles. The number of para-hydroxylation sites is 1. The van der Waals surface area contributed by atoms with Crippen LogP contribution in [0.5, 0.6) is 0 Å². The highest BCUT2D eigenvalue weighted by atomic mass is 16.6. The second kappa shape index (κ2) is 7.59. The van der Waals surface area contributed by atoms with Gasteiger partial charge in [-0.25, -0.2) is 0 Å². The highest BCUT2D eigenvalue weighted by molar-refractivity contribution is 5.98. The second-order valence-corrected chi connectivity index (χ2v) is 4.47. The summed E-state index contributed by atoms with van der Waals surface area (Å²) < 4.78 is 0. The summed E-state index contributed by atoms with van der Waals surface area (Å²) in [5.74, 6) is -0.403. The average molecular weight is 280 g/mol. The number of rotatable bonds is 7. The Hall–Kier alpha value is -1.95. The molecule has 0 aromatic heterocycles. The van der Waals surface area contributed by atoms with E-state index in [0.29, 0.717) is 0 Å². The van der Waals surface area contributed by atoms with Gasteiger partial charge >= 0.3 is 0 Å². The number of carbonyl (C=O) groups is 1. The van der Waals surface area contributed by atoms with Crippen molar-refractivity contribution in [2.45, 2.75) is 32.7 Å². The van der Waals surface area contributed by atoms with Gasteiger partial charge in [0.15, 0.2) is 0 Å². The normalized spacial score (nSPS) is 10.6. The molecular weight excluding hydrogens is 260 g/mol. The minimum absolute atomic E-state index is 0.0329. The highest BCUT2D eigenvalue weighted by Gasteiger charge is 2.27. The quantitative estimate of drug-likeness (QED) is 0.613. The Kier molecular flexibility index (Phi) is 6.11. The van der Waals surface area contributed by atoms with Gasteiger partial charge in [-0.1, -0.05) is 26.0 Å². The van der Waals surface area contributed by atoms with Crippen molar-refractivity contribution in [2.24, 2.45) is 0 Å². The lowest BCUT2D eigenvalue weighted by Crippen LogP contribution is -2.41. The summed E-state index contributed by atoms with van der Waals surface area (Å²) in [4.78, 5) is 24.5. The molecule has 0 fully saturated rings. The Morgan fingerprint density at radius 1 is 1.35 bits per heavy atom. The third-order valence-electron chi connectivity index (χ3n) is 3.32. The first-order valence-corrected chi connectivity index (χ1v) is 6.72. The van der Waals surface area contributed by atoms with Gasteiger partial charge in [0.2, 0.25) is 0 Å². The summed E-state index contributed by atoms with van der Waals surface area (Å²) in [6.45, 7) is 3.91. The third kappa shape index (κ3) is 3.54. The molecule has 20 heavy (non-hydrogen) atoms. The summed E-state index contributed by atoms with van der Waals surface area (Å²) in [5.41, 5.74) is -0.135. The Bertz CT molecular complexity index is 472. The van der Waals surface area contributed by atoms with Gasteiger partial charge in [-0.3, -0.25) is 14.9 Å². The molecule has 0 aliphatic rings. The molecule has 6 heteroatoms. The number of aliphatic hydroxyl groups is 1. The SMILES string of the molecule is CCC(CC)N(CCO)C(=O)c1ccccc1[N+](=O)[O-]. The Labute approximate surface area is 118 Å². The molecule has 0 radical (unpaired) electrons. The molecule has 110 valence electrons. The van der Waals surface area contributed by atoms with E-state index in [2.05, 4.69) is 0 Å². The monoisotopic (exact) mass is 280 g/mol. The van der Waals surface area contributed by atoms with Crippen LogP contribution in [0.3, 0.4) is 0 Å². The first-order valence-electron chi connectivity index (χ1n) is 6.72. The maximum Gasteiger partial charge on any atom is 0.282 e. The molecule has 0 heterocycles. The zero-order chi connectivity index (χ0) is 15.1. The maximum absolute atomic E-state index is 12.5. The van der Waals surface area contributed by atoms with Gasteiger partial charge in [0, 0.05) is 18.7 Å². The van der Waals surface area contributed by atoms with Crippen LogP contribution in [0, 0.1) is 10.1 Å². The molecular formula is C14H20N2O4. The first-order chi connectivity index (χ1) is 9.56. The summed E-state index contributed by atoms with van der Waals surface area (Å²) in [5, 5.41) is 20.1. The van der Waals surface area contributed by atoms with Crippen molar-refractivity contribution in [1.82, 2.24) is 4.90 Å². The van der Waals surface area contributed by atoms with Crippen LogP contribution >= 0.6 is 0 Å². The molecule has 0 unspecified atom stereocenters. The van der Waals surface area contributed by atoms with E-state index in [1.165, 1.54) is 23.1 Å². The van der Waals surface area contributed by atoms with Crippen LogP contribution in [-0.4, -0.2) is 40.0 Å². The lowest BCUT2D eigenvalue weighted by molar-refractivity contribution is -0.385. The second-order valence-electron chi connectivity index (χ2n) is 4.47. The number of benzene rings is 1. The van der Waals surface area contributed by atoms with Crippen LogP contribution in [0.1, 0.15) is 37.0 Å². The van der Waals surface area contributed by atoms with Crippen molar-refractivity contribution < 1.29 is 14.8 Å². The molecule has 0 bridgehead atoms. The fourth-order valence-electron chi connectivity index (χ4n) is 2.26. The molecule has 0 aliphatic heterocycles. The van der Waals surface area contributed by atoms with E-state index in [-0.39, 0.29) is 30.4 Å². The van der Waals surface area contributed by atoms with E-state index in [4.69, 9.17) is 5.11 Å². The van der Waals surface area contributed by atoms with E-state index in [9.17, 15) is 14.9 Å². The lowest BCUT2D eigenvalue weighted by Gasteiger charge is -2.30. The van der Waals surface area contributed by atoms with Crippen molar-refractivity contribution in [3.8, 4) is 0 Å². The topological polar surface area (TPSA) is 83.7 Å². The number of nitro benzene ring substituents is 1. The molecule has 6 nitrogen and oxygen atoms in total. The van der Waals surface area contributed by atoms with Gasteiger partial charge in [0.05, 0.1) is 11.5 Å². The van der Waals surface area contributed by atoms with Crippen LogP contribution in [0.15, 0.2) is 24.3 Å². The average Bonchev–Trinajstić information content (AvgIpc) is 2.46. The van der Waals surface area contributed by atoms with Gasteiger partial charge in [0.25, 0.3) is 11.6 Å². The van der Waals surface area contributed by atoms with E-state index < -0.39 is 10.8 Å². The summed E-state index contributed by atoms with van der Waals surface area (Å²) in [7, 11) is 0. The molecule has 1 amide bonds. The number of hydrogen-bond donors (Lipinski definition) is 1. The zero-order valence-electron chi connectivity index (χ0n) is 11.8. The predicted octanol–water partition coefficient (Wildman–Crippen LogP) is 2.22. The van der Waals surface area contributed by atoms with Crippen molar-refractivity contribution in [1.29, 1.82) is 0 Å². The van der Waals surface area contributed by atoms with Gasteiger partial charge in [-0.2, -0.15) is 0 Å². The van der Waals surface area contributed by atoms with Crippen LogP contribution in [0.2, 0.25) is 0 Å². The van der Waals surface area contributed by atoms with Gasteiger partial charge in [-0.05, 0) is 18.9 Å². The third-order valence-corrected chi connectivity index (χ3v) is 3.32. The summed E-state index contributed by atoms with van der Waals surface area (Å²) >= 11 is 0. The zero-order valence-corrected chi connectivity index (χ0v) is 11.8. The molecule has 0 aliphatic carbocycles. The van der Waals surface area contributed by atoms with Crippen LogP contribution in [0.25, 0.3) is 0 Å². The standard InChI is InChI=1S/C14H20N2O4/c1-3-11(4-2)15(9-10-17)14(18)12-7-5-6-8-13(12)16(19)20/h5-8,11,17H,3-4,9-10H2,1-2H3. The number of nitro groups is 1. The molecule has 1 rings (SSSR count). The largest absolute Gasteiger partial charge is 0.395 e. The number of carbonyl (C=O) groups excluding carboxylic acids is 1. The van der Waals surface area contributed by atoms with Gasteiger partial charge in [-0.15, -0.1) is 0 Å². The lowest BCUT2D eigenvalue weighted by atomic mass is 10.1.